The summed E-state index contributed by atoms with van der Waals surface area (Å²) in [5.41, 5.74) is 0. The fourth-order valence-electron chi connectivity index (χ4n) is 1.72. The van der Waals surface area contributed by atoms with E-state index < -0.39 is 0 Å². The van der Waals surface area contributed by atoms with E-state index in [1.807, 2.05) is 6.07 Å². The maximum absolute atomic E-state index is 9.67. The molecule has 0 unspecified atom stereocenters. The van der Waals surface area contributed by atoms with Crippen LogP contribution in [0.15, 0.2) is 30.3 Å². The molecule has 0 heterocycles. The fourth-order valence-corrected chi connectivity index (χ4v) is 4.32. The van der Waals surface area contributed by atoms with E-state index in [1.165, 1.54) is 17.3 Å². The van der Waals surface area contributed by atoms with Crippen molar-refractivity contribution >= 4 is 19.4 Å². The monoisotopic (exact) mass is 242 g/mol. The summed E-state index contributed by atoms with van der Waals surface area (Å²) >= 11 is 0.469. The second-order valence-corrected chi connectivity index (χ2v) is 6.22. The van der Waals surface area contributed by atoms with Crippen LogP contribution in [0.2, 0.25) is 4.82 Å². The molecule has 1 fully saturated rings. The van der Waals surface area contributed by atoms with Crippen molar-refractivity contribution in [2.75, 3.05) is 0 Å². The Balaban J connectivity index is 1.98. The van der Waals surface area contributed by atoms with Crippen LogP contribution >= 0.6 is 0 Å². The van der Waals surface area contributed by atoms with E-state index in [4.69, 9.17) is 0 Å². The van der Waals surface area contributed by atoms with Gasteiger partial charge in [-0.3, -0.25) is 0 Å². The van der Waals surface area contributed by atoms with Crippen LogP contribution in [-0.2, 0) is 0 Å². The van der Waals surface area contributed by atoms with E-state index in [1.54, 1.807) is 0 Å². The van der Waals surface area contributed by atoms with E-state index >= 15 is 0 Å². The molecule has 1 N–H and O–H groups in total. The van der Waals surface area contributed by atoms with Crippen LogP contribution < -0.4 is 4.46 Å². The SMILES string of the molecule is O[C@H]1CCC[C@H]1[Se]c1ccccc1. The molecule has 0 aromatic heterocycles. The molecule has 1 nitrogen and oxygen atoms in total. The van der Waals surface area contributed by atoms with E-state index in [9.17, 15) is 5.11 Å². The first-order chi connectivity index (χ1) is 6.36. The van der Waals surface area contributed by atoms with Crippen molar-refractivity contribution < 1.29 is 5.11 Å². The molecular weight excluding hydrogens is 227 g/mol. The molecule has 70 valence electrons. The van der Waals surface area contributed by atoms with Crippen LogP contribution in [0.1, 0.15) is 19.3 Å². The van der Waals surface area contributed by atoms with E-state index in [2.05, 4.69) is 24.3 Å². The third kappa shape index (κ3) is 2.34. The van der Waals surface area contributed by atoms with Gasteiger partial charge in [-0.25, -0.2) is 0 Å². The molecule has 0 amide bonds. The van der Waals surface area contributed by atoms with Gasteiger partial charge in [0.05, 0.1) is 0 Å². The Kier molecular flexibility index (Phi) is 3.05. The van der Waals surface area contributed by atoms with Gasteiger partial charge in [0, 0.05) is 0 Å². The molecule has 0 spiro atoms. The Morgan fingerprint density at radius 2 is 1.92 bits per heavy atom. The normalized spacial score (nSPS) is 27.8. The first kappa shape index (κ1) is 9.26. The summed E-state index contributed by atoms with van der Waals surface area (Å²) in [6.07, 6.45) is 3.41. The average molecular weight is 241 g/mol. The van der Waals surface area contributed by atoms with Crippen molar-refractivity contribution in [3.05, 3.63) is 30.3 Å². The van der Waals surface area contributed by atoms with Crippen LogP contribution in [0.5, 0.6) is 0 Å². The Hall–Kier alpha value is -0.301. The van der Waals surface area contributed by atoms with Gasteiger partial charge < -0.3 is 0 Å². The molecular formula is C11H14OSe. The van der Waals surface area contributed by atoms with Crippen LogP contribution in [0.25, 0.3) is 0 Å². The molecule has 13 heavy (non-hydrogen) atoms. The standard InChI is InChI=1S/C11H14OSe/c12-10-7-4-8-11(10)13-9-5-2-1-3-6-9/h1-3,5-6,10-12H,4,7-8H2/t10-,11+/m0/s1. The second-order valence-electron chi connectivity index (χ2n) is 3.47. The molecule has 0 bridgehead atoms. The number of aliphatic hydroxyl groups is 1. The van der Waals surface area contributed by atoms with Crippen LogP contribution in [0, 0.1) is 0 Å². The molecule has 1 aromatic carbocycles. The van der Waals surface area contributed by atoms with Crippen molar-refractivity contribution in [1.29, 1.82) is 0 Å². The maximum atomic E-state index is 9.67. The number of hydrogen-bond donors (Lipinski definition) is 1. The zero-order chi connectivity index (χ0) is 9.10. The van der Waals surface area contributed by atoms with Gasteiger partial charge in [-0.15, -0.1) is 0 Å². The summed E-state index contributed by atoms with van der Waals surface area (Å²) in [6, 6.07) is 10.6. The molecule has 0 radical (unpaired) electrons. The van der Waals surface area contributed by atoms with Gasteiger partial charge in [-0.1, -0.05) is 0 Å². The Bertz CT molecular complexity index is 260. The molecule has 0 saturated heterocycles. The van der Waals surface area contributed by atoms with Crippen molar-refractivity contribution in [3.63, 3.8) is 0 Å². The van der Waals surface area contributed by atoms with Gasteiger partial charge >= 0.3 is 85.0 Å². The Labute approximate surface area is 85.3 Å². The van der Waals surface area contributed by atoms with E-state index in [0.29, 0.717) is 19.8 Å². The molecule has 1 saturated carbocycles. The summed E-state index contributed by atoms with van der Waals surface area (Å²) in [5, 5.41) is 9.67. The van der Waals surface area contributed by atoms with E-state index in [-0.39, 0.29) is 6.10 Å². The van der Waals surface area contributed by atoms with Gasteiger partial charge in [-0.2, -0.15) is 0 Å². The topological polar surface area (TPSA) is 20.2 Å². The van der Waals surface area contributed by atoms with Gasteiger partial charge in [0.2, 0.25) is 0 Å². The number of rotatable bonds is 2. The molecule has 2 atom stereocenters. The van der Waals surface area contributed by atoms with Gasteiger partial charge in [0.1, 0.15) is 0 Å². The summed E-state index contributed by atoms with van der Waals surface area (Å²) in [7, 11) is 0. The Morgan fingerprint density at radius 1 is 1.15 bits per heavy atom. The first-order valence-electron chi connectivity index (χ1n) is 4.76. The quantitative estimate of drug-likeness (QED) is 0.775. The van der Waals surface area contributed by atoms with Crippen molar-refractivity contribution in [3.8, 4) is 0 Å². The summed E-state index contributed by atoms with van der Waals surface area (Å²) < 4.78 is 1.42. The van der Waals surface area contributed by atoms with Crippen LogP contribution in [-0.4, -0.2) is 26.2 Å². The third-order valence-corrected chi connectivity index (χ3v) is 5.38. The molecule has 0 aliphatic heterocycles. The minimum absolute atomic E-state index is 0.0276. The predicted octanol–water partition coefficient (Wildman–Crippen LogP) is 1.35. The zero-order valence-electron chi connectivity index (χ0n) is 7.52. The van der Waals surface area contributed by atoms with Crippen molar-refractivity contribution in [1.82, 2.24) is 0 Å². The average Bonchev–Trinajstić information content (AvgIpc) is 2.54. The third-order valence-electron chi connectivity index (χ3n) is 2.45. The van der Waals surface area contributed by atoms with Gasteiger partial charge in [-0.05, 0) is 0 Å². The summed E-state index contributed by atoms with van der Waals surface area (Å²) in [5.74, 6) is 0. The molecule has 2 rings (SSSR count). The summed E-state index contributed by atoms with van der Waals surface area (Å²) in [6.45, 7) is 0. The van der Waals surface area contributed by atoms with Crippen LogP contribution in [0.3, 0.4) is 0 Å². The molecule has 1 aliphatic carbocycles. The van der Waals surface area contributed by atoms with Crippen molar-refractivity contribution in [2.45, 2.75) is 30.2 Å². The second kappa shape index (κ2) is 4.28. The predicted molar refractivity (Wildman–Crippen MR) is 55.4 cm³/mol. The van der Waals surface area contributed by atoms with Crippen molar-refractivity contribution in [2.24, 2.45) is 0 Å². The number of aliphatic hydroxyl groups excluding tert-OH is 1. The summed E-state index contributed by atoms with van der Waals surface area (Å²) in [4.78, 5) is 0.565. The van der Waals surface area contributed by atoms with Gasteiger partial charge in [0.25, 0.3) is 0 Å². The van der Waals surface area contributed by atoms with Gasteiger partial charge in [0.15, 0.2) is 0 Å². The zero-order valence-corrected chi connectivity index (χ0v) is 9.23. The minimum atomic E-state index is -0.0276. The fraction of sp³-hybridized carbons (Fsp3) is 0.455. The molecule has 2 heteroatoms. The van der Waals surface area contributed by atoms with E-state index in [0.717, 1.165) is 6.42 Å². The number of benzene rings is 1. The van der Waals surface area contributed by atoms with Crippen LogP contribution in [0.4, 0.5) is 0 Å². The first-order valence-corrected chi connectivity index (χ1v) is 6.60. The molecule has 1 aliphatic rings. The Morgan fingerprint density at radius 3 is 2.54 bits per heavy atom. The number of hydrogen-bond acceptors (Lipinski definition) is 1. The molecule has 1 aromatic rings.